The van der Waals surface area contributed by atoms with Crippen molar-refractivity contribution in [2.24, 2.45) is 0 Å². The van der Waals surface area contributed by atoms with E-state index in [-0.39, 0.29) is 17.1 Å². The Balaban J connectivity index is 1.46. The molecule has 39 heavy (non-hydrogen) atoms. The van der Waals surface area contributed by atoms with E-state index in [0.29, 0.717) is 28.6 Å². The minimum absolute atomic E-state index is 0.145. The molecule has 0 amide bonds. The van der Waals surface area contributed by atoms with Gasteiger partial charge in [-0.25, -0.2) is 9.97 Å². The van der Waals surface area contributed by atoms with E-state index in [1.165, 1.54) is 0 Å². The molecule has 0 unspecified atom stereocenters. The van der Waals surface area contributed by atoms with Gasteiger partial charge in [0.2, 0.25) is 0 Å². The number of Topliss-reactive ketones (excluding diaryl/α,β-unsaturated/α-hetero) is 2. The van der Waals surface area contributed by atoms with Crippen LogP contribution in [0.3, 0.4) is 0 Å². The van der Waals surface area contributed by atoms with Crippen LogP contribution in [-0.2, 0) is 0 Å². The molecule has 5 aromatic rings. The van der Waals surface area contributed by atoms with Crippen LogP contribution >= 0.6 is 0 Å². The lowest BCUT2D eigenvalue weighted by Gasteiger charge is -2.24. The van der Waals surface area contributed by atoms with Crippen molar-refractivity contribution in [1.29, 1.82) is 0 Å². The second kappa shape index (κ2) is 8.89. The number of carbonyl (C=O) groups excluding carboxylic acids is 2. The quantitative estimate of drug-likeness (QED) is 0.193. The topological polar surface area (TPSA) is 66.4 Å². The molecule has 0 radical (unpaired) electrons. The Labute approximate surface area is 225 Å². The molecule has 4 aromatic carbocycles. The number of benzene rings is 4. The summed E-state index contributed by atoms with van der Waals surface area (Å²) in [4.78, 5) is 40.6. The summed E-state index contributed by atoms with van der Waals surface area (Å²) in [5.74, 6) is 1.51. The lowest BCUT2D eigenvalue weighted by Crippen LogP contribution is -2.22. The van der Waals surface area contributed by atoms with Gasteiger partial charge in [0.25, 0.3) is 0 Å². The number of carbonyl (C=O) groups is 2. The molecule has 1 aromatic heterocycles. The van der Waals surface area contributed by atoms with Gasteiger partial charge in [-0.3, -0.25) is 19.4 Å². The highest BCUT2D eigenvalue weighted by Gasteiger charge is 2.37. The van der Waals surface area contributed by atoms with E-state index >= 15 is 0 Å². The average Bonchev–Trinajstić information content (AvgIpc) is 3.41. The zero-order valence-corrected chi connectivity index (χ0v) is 21.1. The molecular formula is C33H22N4O2. The number of hydrogen-bond donors (Lipinski definition) is 0. The molecular weight excluding hydrogens is 484 g/mol. The molecule has 186 valence electrons. The Bertz CT molecular complexity index is 1770. The predicted octanol–water partition coefficient (Wildman–Crippen LogP) is 7.08. The zero-order valence-electron chi connectivity index (χ0n) is 21.1. The summed E-state index contributed by atoms with van der Waals surface area (Å²) in [7, 11) is 0. The fourth-order valence-electron chi connectivity index (χ4n) is 5.16. The molecule has 1 aliphatic carbocycles. The van der Waals surface area contributed by atoms with Crippen LogP contribution in [0.15, 0.2) is 127 Å². The number of fused-ring (bicyclic) bond motifs is 3. The first kappa shape index (κ1) is 22.8. The van der Waals surface area contributed by atoms with Gasteiger partial charge in [-0.1, -0.05) is 66.2 Å². The van der Waals surface area contributed by atoms with Crippen LogP contribution in [-0.4, -0.2) is 21.5 Å². The molecule has 0 N–H and O–H groups in total. The molecule has 0 atom stereocenters. The summed E-state index contributed by atoms with van der Waals surface area (Å²) in [6.07, 6.45) is 3.45. The fourth-order valence-corrected chi connectivity index (χ4v) is 5.16. The number of hydrogen-bond acceptors (Lipinski definition) is 6. The summed E-state index contributed by atoms with van der Waals surface area (Å²) in [6, 6.07) is 32.9. The van der Waals surface area contributed by atoms with Crippen LogP contribution in [0, 0.1) is 6.92 Å². The van der Waals surface area contributed by atoms with E-state index in [1.54, 1.807) is 18.2 Å². The summed E-state index contributed by atoms with van der Waals surface area (Å²) in [6.45, 7) is 1.91. The van der Waals surface area contributed by atoms with Crippen LogP contribution in [0.4, 0.5) is 23.0 Å². The largest absolute Gasteiger partial charge is 0.288 e. The summed E-state index contributed by atoms with van der Waals surface area (Å²) in [5, 5.41) is 0. The van der Waals surface area contributed by atoms with Gasteiger partial charge < -0.3 is 0 Å². The number of ketones is 2. The Morgan fingerprint density at radius 2 is 1.10 bits per heavy atom. The number of nitrogens with zero attached hydrogens (tertiary/aromatic N) is 4. The smallest absolute Gasteiger partial charge is 0.197 e. The van der Waals surface area contributed by atoms with Crippen LogP contribution in [0.1, 0.15) is 26.3 Å². The first-order chi connectivity index (χ1) is 19.1. The lowest BCUT2D eigenvalue weighted by atomic mass is 10.1. The van der Waals surface area contributed by atoms with Gasteiger partial charge in [0.05, 0.1) is 16.6 Å². The maximum Gasteiger partial charge on any atom is 0.197 e. The third-order valence-electron chi connectivity index (χ3n) is 7.00. The molecule has 0 saturated heterocycles. The molecule has 1 aliphatic heterocycles. The Hall–Kier alpha value is -5.36. The van der Waals surface area contributed by atoms with Crippen LogP contribution in [0.2, 0.25) is 0 Å². The summed E-state index contributed by atoms with van der Waals surface area (Å²) >= 11 is 0. The monoisotopic (exact) mass is 506 g/mol. The minimum Gasteiger partial charge on any atom is -0.288 e. The van der Waals surface area contributed by atoms with Gasteiger partial charge in [-0.2, -0.15) is 0 Å². The second-order valence-corrected chi connectivity index (χ2v) is 9.51. The van der Waals surface area contributed by atoms with Gasteiger partial charge >= 0.3 is 0 Å². The van der Waals surface area contributed by atoms with E-state index in [9.17, 15) is 9.59 Å². The van der Waals surface area contributed by atoms with E-state index < -0.39 is 0 Å². The first-order valence-electron chi connectivity index (χ1n) is 12.7. The molecule has 6 heteroatoms. The standard InChI is InChI=1S/C33H22N4O2/c1-21-16-17-24-26(20-21)31(39)25(30(24)38)18-19-29-36(22-10-4-2-5-11-22)32-33(37(29)23-12-6-3-7-13-23)35-28-15-9-8-14-27(28)34-32/h2-20H,1H3/b25-18+. The van der Waals surface area contributed by atoms with Crippen LogP contribution < -0.4 is 9.80 Å². The Kier molecular flexibility index (Phi) is 5.20. The van der Waals surface area contributed by atoms with Gasteiger partial charge in [0, 0.05) is 22.5 Å². The van der Waals surface area contributed by atoms with Crippen LogP contribution in [0.25, 0.3) is 11.0 Å². The van der Waals surface area contributed by atoms with Crippen molar-refractivity contribution >= 4 is 45.6 Å². The maximum absolute atomic E-state index is 13.3. The highest BCUT2D eigenvalue weighted by molar-refractivity contribution is 6.39. The molecule has 6 nitrogen and oxygen atoms in total. The van der Waals surface area contributed by atoms with Gasteiger partial charge in [0.1, 0.15) is 5.82 Å². The highest BCUT2D eigenvalue weighted by Crippen LogP contribution is 2.48. The van der Waals surface area contributed by atoms with Gasteiger partial charge in [0.15, 0.2) is 23.2 Å². The van der Waals surface area contributed by atoms with Crippen molar-refractivity contribution < 1.29 is 9.59 Å². The number of para-hydroxylation sites is 4. The second-order valence-electron chi connectivity index (χ2n) is 9.51. The summed E-state index contributed by atoms with van der Waals surface area (Å²) in [5.41, 5.74) is 5.30. The van der Waals surface area contributed by atoms with E-state index in [4.69, 9.17) is 9.97 Å². The van der Waals surface area contributed by atoms with Gasteiger partial charge in [-0.15, -0.1) is 0 Å². The first-order valence-corrected chi connectivity index (χ1v) is 12.7. The lowest BCUT2D eigenvalue weighted by molar-refractivity contribution is 0.0988. The van der Waals surface area contributed by atoms with Crippen molar-refractivity contribution in [2.75, 3.05) is 9.80 Å². The third kappa shape index (κ3) is 3.65. The molecule has 0 saturated carbocycles. The Morgan fingerprint density at radius 1 is 0.590 bits per heavy atom. The third-order valence-corrected chi connectivity index (χ3v) is 7.00. The molecule has 7 rings (SSSR count). The van der Waals surface area contributed by atoms with E-state index in [1.807, 2.05) is 114 Å². The Morgan fingerprint density at radius 3 is 1.67 bits per heavy atom. The average molecular weight is 507 g/mol. The maximum atomic E-state index is 13.3. The minimum atomic E-state index is -0.262. The number of allylic oxidation sites excluding steroid dienone is 3. The van der Waals surface area contributed by atoms with Crippen molar-refractivity contribution in [3.05, 3.63) is 143 Å². The van der Waals surface area contributed by atoms with E-state index in [2.05, 4.69) is 0 Å². The van der Waals surface area contributed by atoms with Crippen molar-refractivity contribution in [2.45, 2.75) is 6.92 Å². The predicted molar refractivity (Wildman–Crippen MR) is 153 cm³/mol. The van der Waals surface area contributed by atoms with Gasteiger partial charge in [-0.05, 0) is 61.5 Å². The number of aryl methyl sites for hydroxylation is 1. The summed E-state index contributed by atoms with van der Waals surface area (Å²) < 4.78 is 0. The number of rotatable bonds is 3. The molecule has 0 fully saturated rings. The van der Waals surface area contributed by atoms with Crippen molar-refractivity contribution in [1.82, 2.24) is 9.97 Å². The zero-order chi connectivity index (χ0) is 26.5. The normalized spacial score (nSPS) is 15.3. The van der Waals surface area contributed by atoms with Crippen molar-refractivity contribution in [3.8, 4) is 0 Å². The van der Waals surface area contributed by atoms with Crippen LogP contribution in [0.5, 0.6) is 0 Å². The number of aromatic nitrogens is 2. The molecule has 0 bridgehead atoms. The molecule has 2 aliphatic rings. The molecule has 0 spiro atoms. The fraction of sp³-hybridized carbons (Fsp3) is 0.0303. The molecule has 2 heterocycles. The SMILES string of the molecule is Cc1ccc2c(c1)C(=O)/C(=C/C=C1N(c3ccccc3)c3nc4ccccc4nc3N1c1ccccc1)C2=O. The van der Waals surface area contributed by atoms with E-state index in [0.717, 1.165) is 28.0 Å². The van der Waals surface area contributed by atoms with Crippen molar-refractivity contribution in [3.63, 3.8) is 0 Å². The number of anilines is 4. The highest BCUT2D eigenvalue weighted by atomic mass is 16.2.